The van der Waals surface area contributed by atoms with E-state index < -0.39 is 0 Å². The maximum absolute atomic E-state index is 5.86. The van der Waals surface area contributed by atoms with Crippen LogP contribution in [0.2, 0.25) is 0 Å². The summed E-state index contributed by atoms with van der Waals surface area (Å²) in [5, 5.41) is 3.96. The summed E-state index contributed by atoms with van der Waals surface area (Å²) in [6.07, 6.45) is 2.33. The molecule has 0 bridgehead atoms. The van der Waals surface area contributed by atoms with Crippen molar-refractivity contribution in [2.24, 2.45) is 0 Å². The lowest BCUT2D eigenvalue weighted by Gasteiger charge is -2.29. The van der Waals surface area contributed by atoms with Gasteiger partial charge in [-0.1, -0.05) is 12.1 Å². The molecule has 30 heavy (non-hydrogen) atoms. The molecule has 6 nitrogen and oxygen atoms in total. The van der Waals surface area contributed by atoms with E-state index in [0.29, 0.717) is 24.0 Å². The molecule has 7 heteroatoms. The summed E-state index contributed by atoms with van der Waals surface area (Å²) < 4.78 is 22.2. The van der Waals surface area contributed by atoms with Crippen LogP contribution in [0.25, 0.3) is 0 Å². The summed E-state index contributed by atoms with van der Waals surface area (Å²) in [6.45, 7) is 4.86. The normalized spacial score (nSPS) is 15.5. The zero-order valence-corrected chi connectivity index (χ0v) is 18.7. The van der Waals surface area contributed by atoms with Crippen LogP contribution in [0.15, 0.2) is 42.5 Å². The van der Waals surface area contributed by atoms with Gasteiger partial charge in [0.2, 0.25) is 0 Å². The highest BCUT2D eigenvalue weighted by Gasteiger charge is 2.22. The van der Waals surface area contributed by atoms with E-state index in [-0.39, 0.29) is 6.10 Å². The van der Waals surface area contributed by atoms with E-state index in [1.54, 1.807) is 14.2 Å². The average molecular weight is 431 g/mol. The molecule has 1 atom stereocenters. The summed E-state index contributed by atoms with van der Waals surface area (Å²) >= 11 is 5.78. The largest absolute Gasteiger partial charge is 0.497 e. The molecule has 1 aliphatic heterocycles. The molecule has 1 saturated heterocycles. The molecule has 3 rings (SSSR count). The number of ether oxygens (including phenoxy) is 4. The Kier molecular flexibility index (Phi) is 8.16. The summed E-state index contributed by atoms with van der Waals surface area (Å²) in [4.78, 5) is 2.14. The highest BCUT2D eigenvalue weighted by molar-refractivity contribution is 7.80. The maximum Gasteiger partial charge on any atom is 0.173 e. The van der Waals surface area contributed by atoms with Gasteiger partial charge in [0, 0.05) is 25.8 Å². The molecule has 0 aliphatic carbocycles. The van der Waals surface area contributed by atoms with Crippen LogP contribution in [0.1, 0.15) is 25.3 Å². The van der Waals surface area contributed by atoms with Crippen LogP contribution < -0.4 is 19.5 Å². The van der Waals surface area contributed by atoms with E-state index >= 15 is 0 Å². The number of benzene rings is 2. The van der Waals surface area contributed by atoms with Crippen LogP contribution in [-0.4, -0.2) is 50.1 Å². The molecule has 162 valence electrons. The van der Waals surface area contributed by atoms with Crippen molar-refractivity contribution in [3.05, 3.63) is 48.0 Å². The molecule has 0 spiro atoms. The second-order valence-corrected chi connectivity index (χ2v) is 7.48. The van der Waals surface area contributed by atoms with Crippen LogP contribution in [-0.2, 0) is 11.3 Å². The zero-order chi connectivity index (χ0) is 21.3. The van der Waals surface area contributed by atoms with Crippen molar-refractivity contribution in [2.45, 2.75) is 32.4 Å². The molecule has 2 aromatic rings. The molecule has 1 fully saturated rings. The molecule has 1 heterocycles. The molecule has 1 N–H and O–H groups in total. The Morgan fingerprint density at radius 1 is 1.13 bits per heavy atom. The third-order valence-electron chi connectivity index (χ3n) is 4.99. The Balaban J connectivity index is 1.74. The molecule has 0 radical (unpaired) electrons. The van der Waals surface area contributed by atoms with Crippen molar-refractivity contribution in [3.63, 3.8) is 0 Å². The Bertz CT molecular complexity index is 822. The molecule has 2 aromatic carbocycles. The fourth-order valence-electron chi connectivity index (χ4n) is 3.43. The number of nitrogens with one attached hydrogen (secondary N) is 1. The van der Waals surface area contributed by atoms with Crippen LogP contribution in [0.4, 0.5) is 5.69 Å². The van der Waals surface area contributed by atoms with Crippen molar-refractivity contribution < 1.29 is 18.9 Å². The fourth-order valence-corrected chi connectivity index (χ4v) is 3.68. The van der Waals surface area contributed by atoms with Crippen LogP contribution in [0, 0.1) is 0 Å². The van der Waals surface area contributed by atoms with Gasteiger partial charge >= 0.3 is 0 Å². The average Bonchev–Trinajstić information content (AvgIpc) is 3.28. The van der Waals surface area contributed by atoms with Crippen LogP contribution in [0.5, 0.6) is 17.2 Å². The Morgan fingerprint density at radius 2 is 1.90 bits per heavy atom. The van der Waals surface area contributed by atoms with Crippen LogP contribution >= 0.6 is 12.2 Å². The van der Waals surface area contributed by atoms with Crippen molar-refractivity contribution in [3.8, 4) is 17.2 Å². The van der Waals surface area contributed by atoms with E-state index in [0.717, 1.165) is 48.7 Å². The number of hydrogen-bond donors (Lipinski definition) is 1. The minimum atomic E-state index is 0.185. The van der Waals surface area contributed by atoms with E-state index in [9.17, 15) is 0 Å². The lowest BCUT2D eigenvalue weighted by molar-refractivity contribution is 0.0905. The molecular weight excluding hydrogens is 400 g/mol. The van der Waals surface area contributed by atoms with E-state index in [4.69, 9.17) is 31.2 Å². The minimum Gasteiger partial charge on any atom is -0.497 e. The predicted molar refractivity (Wildman–Crippen MR) is 123 cm³/mol. The lowest BCUT2D eigenvalue weighted by Crippen LogP contribution is -2.39. The summed E-state index contributed by atoms with van der Waals surface area (Å²) in [7, 11) is 3.26. The van der Waals surface area contributed by atoms with Gasteiger partial charge in [-0.3, -0.25) is 0 Å². The highest BCUT2D eigenvalue weighted by Crippen LogP contribution is 2.29. The second kappa shape index (κ2) is 11.0. The number of hydrogen-bond acceptors (Lipinski definition) is 5. The van der Waals surface area contributed by atoms with E-state index in [1.807, 2.05) is 37.3 Å². The maximum atomic E-state index is 5.86. The number of thiocarbonyl (C=S) groups is 1. The standard InChI is InChI=1S/C23H30N2O4S/c1-4-28-18-9-7-17(8-10-18)15-25(16-20-6-5-13-29-20)23(30)24-21-12-11-19(26-2)14-22(21)27-3/h7-12,14,20H,4-6,13,15-16H2,1-3H3,(H,24,30). The Labute approximate surface area is 184 Å². The second-order valence-electron chi connectivity index (χ2n) is 7.09. The van der Waals surface area contributed by atoms with E-state index in [1.165, 1.54) is 0 Å². The Morgan fingerprint density at radius 3 is 2.53 bits per heavy atom. The van der Waals surface area contributed by atoms with Gasteiger partial charge in [-0.25, -0.2) is 0 Å². The zero-order valence-electron chi connectivity index (χ0n) is 17.8. The molecule has 0 saturated carbocycles. The van der Waals surface area contributed by atoms with Gasteiger partial charge in [0.15, 0.2) is 5.11 Å². The van der Waals surface area contributed by atoms with Crippen molar-refractivity contribution in [1.82, 2.24) is 4.90 Å². The van der Waals surface area contributed by atoms with Gasteiger partial charge in [0.1, 0.15) is 17.2 Å². The molecule has 0 amide bonds. The third-order valence-corrected chi connectivity index (χ3v) is 5.35. The number of anilines is 1. The van der Waals surface area contributed by atoms with Crippen molar-refractivity contribution >= 4 is 23.0 Å². The number of methoxy groups -OCH3 is 2. The lowest BCUT2D eigenvalue weighted by atomic mass is 10.2. The first-order valence-electron chi connectivity index (χ1n) is 10.2. The number of rotatable bonds is 9. The molecule has 1 unspecified atom stereocenters. The minimum absolute atomic E-state index is 0.185. The van der Waals surface area contributed by atoms with Gasteiger partial charge in [0.05, 0.1) is 32.6 Å². The Hall–Kier alpha value is -2.51. The number of nitrogens with zero attached hydrogens (tertiary/aromatic N) is 1. The molecule has 1 aliphatic rings. The van der Waals surface area contributed by atoms with Gasteiger partial charge in [-0.15, -0.1) is 0 Å². The van der Waals surface area contributed by atoms with Crippen molar-refractivity contribution in [1.29, 1.82) is 0 Å². The smallest absolute Gasteiger partial charge is 0.173 e. The topological polar surface area (TPSA) is 52.2 Å². The monoisotopic (exact) mass is 430 g/mol. The predicted octanol–water partition coefficient (Wildman–Crippen LogP) is 4.48. The summed E-state index contributed by atoms with van der Waals surface area (Å²) in [6, 6.07) is 13.8. The van der Waals surface area contributed by atoms with E-state index in [2.05, 4.69) is 22.3 Å². The first-order valence-corrected chi connectivity index (χ1v) is 10.6. The summed E-state index contributed by atoms with van der Waals surface area (Å²) in [5.74, 6) is 2.28. The van der Waals surface area contributed by atoms with Crippen molar-refractivity contribution in [2.75, 3.05) is 39.3 Å². The van der Waals surface area contributed by atoms with Gasteiger partial charge < -0.3 is 29.2 Å². The third kappa shape index (κ3) is 6.00. The van der Waals surface area contributed by atoms with Gasteiger partial charge in [-0.2, -0.15) is 0 Å². The highest BCUT2D eigenvalue weighted by atomic mass is 32.1. The van der Waals surface area contributed by atoms with Gasteiger partial charge in [-0.05, 0) is 61.8 Å². The summed E-state index contributed by atoms with van der Waals surface area (Å²) in [5.41, 5.74) is 1.95. The van der Waals surface area contributed by atoms with Crippen LogP contribution in [0.3, 0.4) is 0 Å². The SMILES string of the molecule is CCOc1ccc(CN(CC2CCCO2)C(=S)Nc2ccc(OC)cc2OC)cc1. The molecule has 0 aromatic heterocycles. The van der Waals surface area contributed by atoms with Gasteiger partial charge in [0.25, 0.3) is 0 Å². The first-order chi connectivity index (χ1) is 14.6. The first kappa shape index (κ1) is 22.2. The fraction of sp³-hybridized carbons (Fsp3) is 0.435. The quantitative estimate of drug-likeness (QED) is 0.589. The molecular formula is C23H30N2O4S.